The van der Waals surface area contributed by atoms with E-state index in [9.17, 15) is 4.79 Å². The Hall–Kier alpha value is -3.59. The minimum Gasteiger partial charge on any atom is -0.422 e. The molecular formula is C25H21NO2. The van der Waals surface area contributed by atoms with Gasteiger partial charge in [-0.15, -0.1) is 0 Å². The first-order chi connectivity index (χ1) is 13.6. The maximum absolute atomic E-state index is 12.3. The van der Waals surface area contributed by atoms with Gasteiger partial charge in [-0.25, -0.2) is 4.79 Å². The summed E-state index contributed by atoms with van der Waals surface area (Å²) in [5, 5.41) is 0. The summed E-state index contributed by atoms with van der Waals surface area (Å²) in [6.07, 6.45) is 3.66. The molecule has 0 spiro atoms. The van der Waals surface area contributed by atoms with Gasteiger partial charge in [0.1, 0.15) is 5.76 Å². The van der Waals surface area contributed by atoms with Crippen molar-refractivity contribution in [2.75, 3.05) is 19.0 Å². The summed E-state index contributed by atoms with van der Waals surface area (Å²) in [5.41, 5.74) is 5.82. The second kappa shape index (κ2) is 7.57. The summed E-state index contributed by atoms with van der Waals surface area (Å²) in [5.74, 6) is 0.264. The molecule has 28 heavy (non-hydrogen) atoms. The third-order valence-corrected chi connectivity index (χ3v) is 4.73. The number of nitrogens with zero attached hydrogens (tertiary/aromatic N) is 1. The highest BCUT2D eigenvalue weighted by molar-refractivity contribution is 6.05. The minimum absolute atomic E-state index is 0.321. The first-order valence-corrected chi connectivity index (χ1v) is 9.19. The first kappa shape index (κ1) is 17.8. The van der Waals surface area contributed by atoms with Crippen molar-refractivity contribution < 1.29 is 9.53 Å². The van der Waals surface area contributed by atoms with Gasteiger partial charge in [-0.3, -0.25) is 0 Å². The molecule has 4 rings (SSSR count). The molecule has 0 bridgehead atoms. The number of benzene rings is 3. The van der Waals surface area contributed by atoms with Crippen LogP contribution in [0.15, 0.2) is 90.5 Å². The van der Waals surface area contributed by atoms with Gasteiger partial charge >= 0.3 is 5.97 Å². The second-order valence-corrected chi connectivity index (χ2v) is 6.93. The average Bonchev–Trinajstić information content (AvgIpc) is 3.09. The summed E-state index contributed by atoms with van der Waals surface area (Å²) in [4.78, 5) is 14.3. The molecule has 3 aromatic carbocycles. The van der Waals surface area contributed by atoms with E-state index in [2.05, 4.69) is 12.1 Å². The van der Waals surface area contributed by atoms with Crippen LogP contribution in [-0.2, 0) is 9.53 Å². The fourth-order valence-corrected chi connectivity index (χ4v) is 3.14. The number of cyclic esters (lactones) is 1. The number of hydrogen-bond donors (Lipinski definition) is 0. The smallest absolute Gasteiger partial charge is 0.343 e. The van der Waals surface area contributed by atoms with Crippen LogP contribution in [0.3, 0.4) is 0 Å². The topological polar surface area (TPSA) is 29.5 Å². The molecule has 3 nitrogen and oxygen atoms in total. The van der Waals surface area contributed by atoms with Crippen LogP contribution >= 0.6 is 0 Å². The number of carbonyl (C=O) groups is 1. The van der Waals surface area contributed by atoms with Crippen molar-refractivity contribution in [2.45, 2.75) is 0 Å². The van der Waals surface area contributed by atoms with Gasteiger partial charge in [0.25, 0.3) is 0 Å². The van der Waals surface area contributed by atoms with Gasteiger partial charge in [0.2, 0.25) is 0 Å². The standard InChI is InChI=1S/C25H21NO2/c1-26(2)23-14-8-18(9-15-23)16-22-17-24(28-25(22)27)21-12-10-20(11-13-21)19-6-4-3-5-7-19/h3-17H,1-2H3. The quantitative estimate of drug-likeness (QED) is 0.457. The van der Waals surface area contributed by atoms with Gasteiger partial charge in [-0.05, 0) is 41.0 Å². The van der Waals surface area contributed by atoms with Crippen molar-refractivity contribution in [3.05, 3.63) is 102 Å². The van der Waals surface area contributed by atoms with E-state index in [1.54, 1.807) is 6.08 Å². The summed E-state index contributed by atoms with van der Waals surface area (Å²) in [7, 11) is 4.00. The number of rotatable bonds is 4. The van der Waals surface area contributed by atoms with Crippen LogP contribution in [0.5, 0.6) is 0 Å². The molecule has 0 radical (unpaired) electrons. The van der Waals surface area contributed by atoms with E-state index >= 15 is 0 Å². The molecule has 0 fully saturated rings. The summed E-state index contributed by atoms with van der Waals surface area (Å²) < 4.78 is 5.49. The SMILES string of the molecule is CN(C)c1ccc(C=C2C=C(c3ccc(-c4ccccc4)cc3)OC2=O)cc1. The average molecular weight is 367 g/mol. The van der Waals surface area contributed by atoms with Gasteiger partial charge in [0, 0.05) is 25.3 Å². The molecule has 0 saturated carbocycles. The normalized spacial score (nSPS) is 14.7. The number of carbonyl (C=O) groups excluding carboxylic acids is 1. The molecule has 0 saturated heterocycles. The van der Waals surface area contributed by atoms with Crippen LogP contribution in [0.1, 0.15) is 11.1 Å². The van der Waals surface area contributed by atoms with Crippen LogP contribution in [0, 0.1) is 0 Å². The van der Waals surface area contributed by atoms with Crippen molar-refractivity contribution in [1.29, 1.82) is 0 Å². The van der Waals surface area contributed by atoms with Gasteiger partial charge in [-0.2, -0.15) is 0 Å². The highest BCUT2D eigenvalue weighted by Crippen LogP contribution is 2.29. The number of ether oxygens (including phenoxy) is 1. The summed E-state index contributed by atoms with van der Waals surface area (Å²) in [6, 6.07) is 26.3. The van der Waals surface area contributed by atoms with Crippen LogP contribution in [0.25, 0.3) is 23.0 Å². The molecule has 0 unspecified atom stereocenters. The molecule has 3 aromatic rings. The lowest BCUT2D eigenvalue weighted by Gasteiger charge is -2.11. The molecule has 0 N–H and O–H groups in total. The Bertz CT molecular complexity index is 1040. The second-order valence-electron chi connectivity index (χ2n) is 6.93. The minimum atomic E-state index is -0.321. The predicted molar refractivity (Wildman–Crippen MR) is 115 cm³/mol. The van der Waals surface area contributed by atoms with E-state index in [0.29, 0.717) is 11.3 Å². The molecule has 0 amide bonds. The predicted octanol–water partition coefficient (Wildman–Crippen LogP) is 5.40. The molecule has 1 heterocycles. The molecular weight excluding hydrogens is 346 g/mol. The van der Waals surface area contributed by atoms with Crippen molar-refractivity contribution in [3.63, 3.8) is 0 Å². The molecule has 0 aliphatic carbocycles. The van der Waals surface area contributed by atoms with Crippen molar-refractivity contribution in [3.8, 4) is 11.1 Å². The maximum atomic E-state index is 12.3. The Morgan fingerprint density at radius 2 is 1.36 bits per heavy atom. The Balaban J connectivity index is 1.57. The fourth-order valence-electron chi connectivity index (χ4n) is 3.14. The maximum Gasteiger partial charge on any atom is 0.343 e. The van der Waals surface area contributed by atoms with E-state index in [4.69, 9.17) is 4.74 Å². The third-order valence-electron chi connectivity index (χ3n) is 4.73. The van der Waals surface area contributed by atoms with Crippen LogP contribution in [-0.4, -0.2) is 20.1 Å². The molecule has 0 aromatic heterocycles. The van der Waals surface area contributed by atoms with E-state index in [1.807, 2.05) is 91.8 Å². The van der Waals surface area contributed by atoms with E-state index in [-0.39, 0.29) is 5.97 Å². The molecule has 0 atom stereocenters. The zero-order chi connectivity index (χ0) is 19.5. The Kier molecular flexibility index (Phi) is 4.81. The van der Waals surface area contributed by atoms with Gasteiger partial charge in [-0.1, -0.05) is 66.7 Å². The Morgan fingerprint density at radius 3 is 2.00 bits per heavy atom. The highest BCUT2D eigenvalue weighted by atomic mass is 16.5. The van der Waals surface area contributed by atoms with Gasteiger partial charge < -0.3 is 9.64 Å². The first-order valence-electron chi connectivity index (χ1n) is 9.19. The molecule has 3 heteroatoms. The third kappa shape index (κ3) is 3.74. The van der Waals surface area contributed by atoms with E-state index < -0.39 is 0 Å². The van der Waals surface area contributed by atoms with Crippen LogP contribution in [0.4, 0.5) is 5.69 Å². The van der Waals surface area contributed by atoms with Crippen LogP contribution < -0.4 is 4.90 Å². The van der Waals surface area contributed by atoms with Gasteiger partial charge in [0.05, 0.1) is 5.57 Å². The number of anilines is 1. The lowest BCUT2D eigenvalue weighted by atomic mass is 10.0. The molecule has 1 aliphatic rings. The zero-order valence-corrected chi connectivity index (χ0v) is 15.9. The largest absolute Gasteiger partial charge is 0.422 e. The van der Waals surface area contributed by atoms with Gasteiger partial charge in [0.15, 0.2) is 0 Å². The lowest BCUT2D eigenvalue weighted by molar-refractivity contribution is -0.130. The summed E-state index contributed by atoms with van der Waals surface area (Å²) in [6.45, 7) is 0. The number of hydrogen-bond acceptors (Lipinski definition) is 3. The highest BCUT2D eigenvalue weighted by Gasteiger charge is 2.22. The monoisotopic (exact) mass is 367 g/mol. The van der Waals surface area contributed by atoms with Crippen molar-refractivity contribution in [1.82, 2.24) is 0 Å². The number of esters is 1. The Labute approximate surface area is 165 Å². The van der Waals surface area contributed by atoms with E-state index in [0.717, 1.165) is 27.9 Å². The van der Waals surface area contributed by atoms with Crippen molar-refractivity contribution >= 4 is 23.5 Å². The van der Waals surface area contributed by atoms with Crippen LogP contribution in [0.2, 0.25) is 0 Å². The molecule has 1 aliphatic heterocycles. The van der Waals surface area contributed by atoms with E-state index in [1.165, 1.54) is 0 Å². The van der Waals surface area contributed by atoms with Crippen molar-refractivity contribution in [2.24, 2.45) is 0 Å². The zero-order valence-electron chi connectivity index (χ0n) is 15.9. The summed E-state index contributed by atoms with van der Waals surface area (Å²) >= 11 is 0. The molecule has 138 valence electrons. The lowest BCUT2D eigenvalue weighted by Crippen LogP contribution is -2.07. The Morgan fingerprint density at radius 1 is 0.750 bits per heavy atom. The fraction of sp³-hybridized carbons (Fsp3) is 0.0800.